The van der Waals surface area contributed by atoms with E-state index in [1.54, 1.807) is 4.90 Å². The Bertz CT molecular complexity index is 400. The molecule has 1 heterocycles. The van der Waals surface area contributed by atoms with Gasteiger partial charge in [0.05, 0.1) is 6.54 Å². The van der Waals surface area contributed by atoms with E-state index in [1.807, 2.05) is 27.7 Å². The minimum absolute atomic E-state index is 0.0650. The summed E-state index contributed by atoms with van der Waals surface area (Å²) in [6.07, 6.45) is 1.73. The van der Waals surface area contributed by atoms with Gasteiger partial charge in [-0.1, -0.05) is 13.8 Å². The van der Waals surface area contributed by atoms with Crippen LogP contribution in [0, 0.1) is 5.41 Å². The van der Waals surface area contributed by atoms with Crippen molar-refractivity contribution in [2.24, 2.45) is 5.41 Å². The zero-order chi connectivity index (χ0) is 16.0. The van der Waals surface area contributed by atoms with Crippen LogP contribution in [0.3, 0.4) is 0 Å². The highest BCUT2D eigenvalue weighted by Crippen LogP contribution is 2.36. The van der Waals surface area contributed by atoms with Crippen LogP contribution in [0.2, 0.25) is 0 Å². The number of hydroxylamine groups is 2. The average Bonchev–Trinajstić information content (AvgIpc) is 2.72. The summed E-state index contributed by atoms with van der Waals surface area (Å²) in [6, 6.07) is 0. The molecule has 0 aromatic heterocycles. The van der Waals surface area contributed by atoms with Gasteiger partial charge in [-0.25, -0.2) is 4.79 Å². The van der Waals surface area contributed by atoms with E-state index in [0.29, 0.717) is 38.8 Å². The Labute approximate surface area is 126 Å². The highest BCUT2D eigenvalue weighted by molar-refractivity contribution is 6.06. The van der Waals surface area contributed by atoms with Crippen LogP contribution in [0.25, 0.3) is 0 Å². The molecule has 0 atom stereocenters. The Hall–Kier alpha value is -1.59. The van der Waals surface area contributed by atoms with E-state index < -0.39 is 11.4 Å². The predicted molar refractivity (Wildman–Crippen MR) is 78.0 cm³/mol. The molecule has 0 bridgehead atoms. The van der Waals surface area contributed by atoms with Crippen LogP contribution in [0.5, 0.6) is 0 Å². The molecule has 2 amide bonds. The molecule has 0 aliphatic carbocycles. The van der Waals surface area contributed by atoms with Gasteiger partial charge in [-0.2, -0.15) is 5.06 Å². The number of hydrogen-bond donors (Lipinski definition) is 0. The van der Waals surface area contributed by atoms with Gasteiger partial charge in [-0.05, 0) is 33.1 Å². The van der Waals surface area contributed by atoms with Crippen molar-refractivity contribution < 1.29 is 19.2 Å². The molecule has 0 aromatic carbocycles. The van der Waals surface area contributed by atoms with Crippen LogP contribution in [0.15, 0.2) is 0 Å². The summed E-state index contributed by atoms with van der Waals surface area (Å²) in [5, 5.41) is 1.13. The van der Waals surface area contributed by atoms with Crippen molar-refractivity contribution in [2.75, 3.05) is 19.6 Å². The van der Waals surface area contributed by atoms with Gasteiger partial charge < -0.3 is 9.74 Å². The van der Waals surface area contributed by atoms with E-state index >= 15 is 0 Å². The maximum absolute atomic E-state index is 12.3. The van der Waals surface area contributed by atoms with Gasteiger partial charge >= 0.3 is 5.97 Å². The molecule has 0 spiro atoms. The second-order valence-corrected chi connectivity index (χ2v) is 5.24. The molecule has 0 saturated carbocycles. The Morgan fingerprint density at radius 2 is 1.71 bits per heavy atom. The summed E-state index contributed by atoms with van der Waals surface area (Å²) < 4.78 is 0. The van der Waals surface area contributed by atoms with Crippen LogP contribution in [-0.2, 0) is 19.2 Å². The summed E-state index contributed by atoms with van der Waals surface area (Å²) in [7, 11) is 0. The molecule has 0 radical (unpaired) electrons. The topological polar surface area (TPSA) is 66.9 Å². The first-order chi connectivity index (χ1) is 9.96. The molecule has 1 aliphatic heterocycles. The van der Waals surface area contributed by atoms with Crippen LogP contribution < -0.4 is 0 Å². The quantitative estimate of drug-likeness (QED) is 0.640. The zero-order valence-corrected chi connectivity index (χ0v) is 13.5. The van der Waals surface area contributed by atoms with Crippen molar-refractivity contribution >= 4 is 17.8 Å². The van der Waals surface area contributed by atoms with Gasteiger partial charge in [0.1, 0.15) is 0 Å². The average molecular weight is 298 g/mol. The van der Waals surface area contributed by atoms with E-state index in [4.69, 9.17) is 4.84 Å². The lowest BCUT2D eigenvalue weighted by Gasteiger charge is -2.20. The van der Waals surface area contributed by atoms with E-state index in [1.165, 1.54) is 0 Å². The predicted octanol–water partition coefficient (Wildman–Crippen LogP) is 1.74. The minimum atomic E-state index is -1.02. The van der Waals surface area contributed by atoms with Crippen molar-refractivity contribution in [1.29, 1.82) is 0 Å². The Balaban J connectivity index is 2.53. The minimum Gasteiger partial charge on any atom is -0.343 e. The number of carbonyl (C=O) groups excluding carboxylic acids is 3. The Morgan fingerprint density at radius 3 is 2.14 bits per heavy atom. The van der Waals surface area contributed by atoms with Crippen molar-refractivity contribution in [3.05, 3.63) is 0 Å². The second kappa shape index (κ2) is 7.43. The lowest BCUT2D eigenvalue weighted by molar-refractivity contribution is -0.178. The molecule has 0 aromatic rings. The highest BCUT2D eigenvalue weighted by atomic mass is 16.7. The summed E-state index contributed by atoms with van der Waals surface area (Å²) in [5.74, 6) is -0.671. The fraction of sp³-hybridized carbons (Fsp3) is 0.800. The maximum Gasteiger partial charge on any atom is 0.348 e. The van der Waals surface area contributed by atoms with E-state index in [9.17, 15) is 14.4 Å². The summed E-state index contributed by atoms with van der Waals surface area (Å²) in [6.45, 7) is 9.14. The number of hydrogen-bond acceptors (Lipinski definition) is 4. The monoisotopic (exact) mass is 298 g/mol. The highest BCUT2D eigenvalue weighted by Gasteiger charge is 2.54. The maximum atomic E-state index is 12.3. The van der Waals surface area contributed by atoms with E-state index in [-0.39, 0.29) is 18.4 Å². The van der Waals surface area contributed by atoms with Crippen molar-refractivity contribution in [2.45, 2.75) is 53.4 Å². The van der Waals surface area contributed by atoms with Crippen LogP contribution >= 0.6 is 0 Å². The molecule has 120 valence electrons. The smallest absolute Gasteiger partial charge is 0.343 e. The first-order valence-electron chi connectivity index (χ1n) is 7.78. The SMILES string of the molecule is CCN(CC)C(=O)CCCN1OC(=O)C(CC)(CC)C1=O. The largest absolute Gasteiger partial charge is 0.348 e. The Kier molecular flexibility index (Phi) is 6.18. The standard InChI is InChI=1S/C15H26N2O4/c1-5-15(6-2)13(19)17(21-14(15)20)11-9-10-12(18)16(7-3)8-4/h5-11H2,1-4H3. The first kappa shape index (κ1) is 17.5. The molecule has 21 heavy (non-hydrogen) atoms. The number of nitrogens with zero attached hydrogens (tertiary/aromatic N) is 2. The normalized spacial score (nSPS) is 17.0. The third kappa shape index (κ3) is 3.36. The second-order valence-electron chi connectivity index (χ2n) is 5.24. The lowest BCUT2D eigenvalue weighted by atomic mass is 9.82. The fourth-order valence-electron chi connectivity index (χ4n) is 2.65. The summed E-state index contributed by atoms with van der Waals surface area (Å²) in [4.78, 5) is 42.9. The van der Waals surface area contributed by atoms with Gasteiger partial charge in [0.15, 0.2) is 5.41 Å². The lowest BCUT2D eigenvalue weighted by Crippen LogP contribution is -2.36. The molecule has 1 saturated heterocycles. The van der Waals surface area contributed by atoms with Gasteiger partial charge in [0.2, 0.25) is 5.91 Å². The number of carbonyl (C=O) groups is 3. The molecule has 0 N–H and O–H groups in total. The Morgan fingerprint density at radius 1 is 1.14 bits per heavy atom. The fourth-order valence-corrected chi connectivity index (χ4v) is 2.65. The third-order valence-electron chi connectivity index (χ3n) is 4.29. The first-order valence-corrected chi connectivity index (χ1v) is 7.78. The van der Waals surface area contributed by atoms with Crippen LogP contribution in [-0.4, -0.2) is 47.4 Å². The van der Waals surface area contributed by atoms with Crippen molar-refractivity contribution in [3.63, 3.8) is 0 Å². The molecule has 1 aliphatic rings. The molecule has 6 nitrogen and oxygen atoms in total. The molecule has 6 heteroatoms. The molecular formula is C15H26N2O4. The van der Waals surface area contributed by atoms with Crippen LogP contribution in [0.4, 0.5) is 0 Å². The van der Waals surface area contributed by atoms with Crippen LogP contribution in [0.1, 0.15) is 53.4 Å². The number of rotatable bonds is 8. The third-order valence-corrected chi connectivity index (χ3v) is 4.29. The van der Waals surface area contributed by atoms with E-state index in [0.717, 1.165) is 5.06 Å². The molecule has 1 fully saturated rings. The summed E-state index contributed by atoms with van der Waals surface area (Å²) >= 11 is 0. The van der Waals surface area contributed by atoms with Crippen molar-refractivity contribution in [3.8, 4) is 0 Å². The molecule has 0 unspecified atom stereocenters. The molecular weight excluding hydrogens is 272 g/mol. The van der Waals surface area contributed by atoms with Gasteiger partial charge in [-0.15, -0.1) is 0 Å². The van der Waals surface area contributed by atoms with E-state index in [2.05, 4.69) is 0 Å². The zero-order valence-electron chi connectivity index (χ0n) is 13.5. The van der Waals surface area contributed by atoms with Crippen molar-refractivity contribution in [1.82, 2.24) is 9.96 Å². The number of amides is 2. The van der Waals surface area contributed by atoms with Gasteiger partial charge in [0, 0.05) is 19.5 Å². The van der Waals surface area contributed by atoms with Gasteiger partial charge in [-0.3, -0.25) is 9.59 Å². The summed E-state index contributed by atoms with van der Waals surface area (Å²) in [5.41, 5.74) is -1.02. The van der Waals surface area contributed by atoms with Gasteiger partial charge in [0.25, 0.3) is 5.91 Å². The molecule has 1 rings (SSSR count).